The highest BCUT2D eigenvalue weighted by Crippen LogP contribution is 2.29. The molecule has 1 heterocycles. The van der Waals surface area contributed by atoms with Gasteiger partial charge in [-0.05, 0) is 42.3 Å². The summed E-state index contributed by atoms with van der Waals surface area (Å²) in [5, 5.41) is 13.5. The molecular weight excluding hydrogens is 441 g/mol. The molecule has 1 amide bonds. The highest BCUT2D eigenvalue weighted by Gasteiger charge is 2.13. The van der Waals surface area contributed by atoms with Crippen molar-refractivity contribution in [2.45, 2.75) is 13.3 Å². The minimum atomic E-state index is -0.520. The van der Waals surface area contributed by atoms with Crippen LogP contribution in [0.5, 0.6) is 5.75 Å². The van der Waals surface area contributed by atoms with E-state index in [0.29, 0.717) is 28.2 Å². The second kappa shape index (κ2) is 10.3. The summed E-state index contributed by atoms with van der Waals surface area (Å²) in [5.74, 6) is 0.209. The van der Waals surface area contributed by atoms with Crippen LogP contribution in [0.2, 0.25) is 10.0 Å². The third kappa shape index (κ3) is 5.61. The van der Waals surface area contributed by atoms with Crippen LogP contribution in [0.1, 0.15) is 22.9 Å². The summed E-state index contributed by atoms with van der Waals surface area (Å²) in [5.41, 5.74) is 1.58. The van der Waals surface area contributed by atoms with Gasteiger partial charge in [-0.1, -0.05) is 47.5 Å². The molecule has 1 aromatic heterocycles. The number of benzene rings is 2. The molecule has 30 heavy (non-hydrogen) atoms. The molecule has 8 heteroatoms. The van der Waals surface area contributed by atoms with E-state index in [4.69, 9.17) is 27.9 Å². The molecule has 0 saturated heterocycles. The number of amides is 1. The summed E-state index contributed by atoms with van der Waals surface area (Å²) in [4.78, 5) is 17.6. The highest BCUT2D eigenvalue weighted by molar-refractivity contribution is 7.15. The average Bonchev–Trinajstić information content (AvgIpc) is 3.17. The largest absolute Gasteiger partial charge is 0.494 e. The van der Waals surface area contributed by atoms with Gasteiger partial charge in [-0.25, -0.2) is 4.98 Å². The van der Waals surface area contributed by atoms with E-state index in [0.717, 1.165) is 21.8 Å². The van der Waals surface area contributed by atoms with Crippen molar-refractivity contribution in [3.63, 3.8) is 0 Å². The molecule has 0 unspecified atom stereocenters. The third-order valence-corrected chi connectivity index (χ3v) is 5.81. The molecular formula is C22H17Cl2N3O2S. The van der Waals surface area contributed by atoms with Crippen molar-refractivity contribution >= 4 is 51.7 Å². The van der Waals surface area contributed by atoms with Crippen molar-refractivity contribution in [3.8, 4) is 11.8 Å². The first kappa shape index (κ1) is 21.8. The summed E-state index contributed by atoms with van der Waals surface area (Å²) < 4.78 is 5.39. The number of carbonyl (C=O) groups is 1. The summed E-state index contributed by atoms with van der Waals surface area (Å²) in [7, 11) is 0. The zero-order valence-corrected chi connectivity index (χ0v) is 18.3. The molecule has 0 aliphatic carbocycles. The van der Waals surface area contributed by atoms with Crippen LogP contribution in [0.3, 0.4) is 0 Å². The van der Waals surface area contributed by atoms with E-state index < -0.39 is 5.91 Å². The lowest BCUT2D eigenvalue weighted by Crippen LogP contribution is -2.13. The first-order chi connectivity index (χ1) is 14.5. The van der Waals surface area contributed by atoms with E-state index in [1.807, 2.05) is 25.1 Å². The number of thiazole rings is 1. The third-order valence-electron chi connectivity index (χ3n) is 4.04. The smallest absolute Gasteiger partial charge is 0.268 e. The molecule has 0 atom stereocenters. The van der Waals surface area contributed by atoms with Gasteiger partial charge < -0.3 is 4.74 Å². The zero-order valence-electron chi connectivity index (χ0n) is 16.0. The topological polar surface area (TPSA) is 75.0 Å². The number of ether oxygens (including phenoxy) is 1. The number of anilines is 1. The van der Waals surface area contributed by atoms with Gasteiger partial charge in [-0.2, -0.15) is 5.26 Å². The van der Waals surface area contributed by atoms with E-state index in [9.17, 15) is 10.1 Å². The normalized spacial score (nSPS) is 11.1. The molecule has 0 radical (unpaired) electrons. The molecule has 3 aromatic rings. The number of nitrogens with one attached hydrogen (secondary N) is 1. The molecule has 0 saturated carbocycles. The second-order valence-electron chi connectivity index (χ2n) is 6.15. The molecule has 0 aliphatic heterocycles. The summed E-state index contributed by atoms with van der Waals surface area (Å²) >= 11 is 13.6. The number of nitriles is 1. The maximum Gasteiger partial charge on any atom is 0.268 e. The Morgan fingerprint density at radius 1 is 1.27 bits per heavy atom. The number of hydrogen-bond acceptors (Lipinski definition) is 5. The van der Waals surface area contributed by atoms with Crippen molar-refractivity contribution in [2.75, 3.05) is 11.9 Å². The Labute approximate surface area is 188 Å². The fourth-order valence-electron chi connectivity index (χ4n) is 2.63. The lowest BCUT2D eigenvalue weighted by molar-refractivity contribution is -0.112. The average molecular weight is 458 g/mol. The van der Waals surface area contributed by atoms with Gasteiger partial charge in [0.05, 0.1) is 16.7 Å². The van der Waals surface area contributed by atoms with E-state index >= 15 is 0 Å². The Balaban J connectivity index is 1.69. The molecule has 3 rings (SSSR count). The van der Waals surface area contributed by atoms with Crippen molar-refractivity contribution in [3.05, 3.63) is 80.3 Å². The van der Waals surface area contributed by atoms with Crippen LogP contribution in [0, 0.1) is 11.3 Å². The van der Waals surface area contributed by atoms with E-state index in [-0.39, 0.29) is 5.57 Å². The predicted molar refractivity (Wildman–Crippen MR) is 121 cm³/mol. The van der Waals surface area contributed by atoms with E-state index in [2.05, 4.69) is 10.3 Å². The Morgan fingerprint density at radius 2 is 2.03 bits per heavy atom. The first-order valence-electron chi connectivity index (χ1n) is 9.03. The molecule has 0 fully saturated rings. The van der Waals surface area contributed by atoms with Gasteiger partial charge in [0.1, 0.15) is 17.4 Å². The van der Waals surface area contributed by atoms with Crippen LogP contribution >= 0.6 is 34.5 Å². The number of nitrogens with zero attached hydrogens (tertiary/aromatic N) is 2. The van der Waals surface area contributed by atoms with Gasteiger partial charge in [-0.15, -0.1) is 11.3 Å². The molecule has 5 nitrogen and oxygen atoms in total. The van der Waals surface area contributed by atoms with Crippen LogP contribution in [-0.2, 0) is 11.2 Å². The minimum absolute atomic E-state index is 0.0196. The summed E-state index contributed by atoms with van der Waals surface area (Å²) in [6, 6.07) is 14.5. The fraction of sp³-hybridized carbons (Fsp3) is 0.136. The van der Waals surface area contributed by atoms with Gasteiger partial charge in [0.25, 0.3) is 5.91 Å². The minimum Gasteiger partial charge on any atom is -0.494 e. The summed E-state index contributed by atoms with van der Waals surface area (Å²) in [6.45, 7) is 2.47. The second-order valence-corrected chi connectivity index (χ2v) is 8.05. The van der Waals surface area contributed by atoms with Gasteiger partial charge in [0, 0.05) is 17.5 Å². The van der Waals surface area contributed by atoms with Crippen LogP contribution in [-0.4, -0.2) is 17.5 Å². The molecule has 0 aliphatic rings. The van der Waals surface area contributed by atoms with Gasteiger partial charge in [-0.3, -0.25) is 10.1 Å². The number of halogens is 2. The number of aromatic nitrogens is 1. The molecule has 2 aromatic carbocycles. The Hall–Kier alpha value is -2.85. The lowest BCUT2D eigenvalue weighted by Gasteiger charge is -2.04. The Bertz CT molecular complexity index is 1120. The molecule has 152 valence electrons. The van der Waals surface area contributed by atoms with Crippen LogP contribution < -0.4 is 10.1 Å². The maximum absolute atomic E-state index is 12.5. The van der Waals surface area contributed by atoms with Crippen molar-refractivity contribution in [1.29, 1.82) is 5.26 Å². The van der Waals surface area contributed by atoms with Crippen LogP contribution in [0.25, 0.3) is 6.08 Å². The van der Waals surface area contributed by atoms with Crippen molar-refractivity contribution in [1.82, 2.24) is 4.98 Å². The quantitative estimate of drug-likeness (QED) is 0.349. The molecule has 1 N–H and O–H groups in total. The lowest BCUT2D eigenvalue weighted by atomic mass is 10.1. The highest BCUT2D eigenvalue weighted by atomic mass is 35.5. The Morgan fingerprint density at radius 3 is 2.73 bits per heavy atom. The van der Waals surface area contributed by atoms with E-state index in [1.165, 1.54) is 17.4 Å². The SMILES string of the molecule is CCOc1ccc(/C=C(\C#N)C(=O)Nc2ncc(Cc3cccc(Cl)c3Cl)s2)cc1. The van der Waals surface area contributed by atoms with Crippen molar-refractivity contribution < 1.29 is 9.53 Å². The number of hydrogen-bond donors (Lipinski definition) is 1. The molecule has 0 bridgehead atoms. The van der Waals surface area contributed by atoms with Gasteiger partial charge in [0.2, 0.25) is 0 Å². The van der Waals surface area contributed by atoms with Gasteiger partial charge >= 0.3 is 0 Å². The van der Waals surface area contributed by atoms with E-state index in [1.54, 1.807) is 36.5 Å². The monoisotopic (exact) mass is 457 g/mol. The molecule has 0 spiro atoms. The predicted octanol–water partition coefficient (Wildman–Crippen LogP) is 5.99. The number of rotatable bonds is 7. The van der Waals surface area contributed by atoms with Crippen LogP contribution in [0.4, 0.5) is 5.13 Å². The summed E-state index contributed by atoms with van der Waals surface area (Å²) in [6.07, 6.45) is 3.73. The van der Waals surface area contributed by atoms with Gasteiger partial charge in [0.15, 0.2) is 5.13 Å². The van der Waals surface area contributed by atoms with Crippen molar-refractivity contribution in [2.24, 2.45) is 0 Å². The zero-order chi connectivity index (χ0) is 21.5. The first-order valence-corrected chi connectivity index (χ1v) is 10.6. The Kier molecular flexibility index (Phi) is 7.47. The van der Waals surface area contributed by atoms with Crippen LogP contribution in [0.15, 0.2) is 54.2 Å². The number of carbonyl (C=O) groups excluding carboxylic acids is 1. The fourth-order valence-corrected chi connectivity index (χ4v) is 3.84. The maximum atomic E-state index is 12.5. The standard InChI is InChI=1S/C22H17Cl2N3O2S/c1-2-29-17-8-6-14(7-9-17)10-16(12-25)21(28)27-22-26-13-18(30-22)11-15-4-3-5-19(23)20(15)24/h3-10,13H,2,11H2,1H3,(H,26,27,28)/b16-10+.